The zero-order valence-electron chi connectivity index (χ0n) is 16.3. The maximum atomic E-state index is 13.0. The average molecular weight is 442 g/mol. The van der Waals surface area contributed by atoms with Crippen molar-refractivity contribution in [2.24, 2.45) is 0 Å². The molecule has 8 heteroatoms. The second-order valence-electron chi connectivity index (χ2n) is 7.00. The first-order valence-corrected chi connectivity index (χ1v) is 12.0. The van der Waals surface area contributed by atoms with Gasteiger partial charge in [0.25, 0.3) is 10.0 Å². The van der Waals surface area contributed by atoms with Crippen molar-refractivity contribution in [1.82, 2.24) is 3.97 Å². The number of aromatic nitrogens is 1. The predicted octanol–water partition coefficient (Wildman–Crippen LogP) is 4.26. The van der Waals surface area contributed by atoms with E-state index in [0.717, 1.165) is 11.1 Å². The van der Waals surface area contributed by atoms with Crippen LogP contribution in [0, 0.1) is 13.8 Å². The number of aryl methyl sites for hydroxylation is 2. The topological polar surface area (TPSA) is 82.4 Å². The van der Waals surface area contributed by atoms with Crippen molar-refractivity contribution in [2.75, 3.05) is 0 Å². The van der Waals surface area contributed by atoms with E-state index < -0.39 is 20.1 Å². The minimum Gasteiger partial charge on any atom is -0.379 e. The smallest absolute Gasteiger partial charge is 0.339 e. The minimum absolute atomic E-state index is 0.0488. The molecule has 0 amide bonds. The monoisotopic (exact) mass is 441 g/mol. The first-order valence-electron chi connectivity index (χ1n) is 9.11. The van der Waals surface area contributed by atoms with Crippen LogP contribution < -0.4 is 4.18 Å². The lowest BCUT2D eigenvalue weighted by Crippen LogP contribution is -2.12. The average Bonchev–Trinajstić information content (AvgIpc) is 3.12. The number of nitrogens with zero attached hydrogens (tertiary/aromatic N) is 1. The van der Waals surface area contributed by atoms with Gasteiger partial charge in [0.15, 0.2) is 0 Å². The summed E-state index contributed by atoms with van der Waals surface area (Å²) in [5.41, 5.74) is 2.32. The SMILES string of the molecule is Cc1ccc(S(=O)(=O)Oc2ccc3c(ccn3S(=O)(=O)c3ccc(C)cc3)c2)cc1. The van der Waals surface area contributed by atoms with Crippen LogP contribution in [-0.2, 0) is 20.1 Å². The van der Waals surface area contributed by atoms with Gasteiger partial charge in [-0.1, -0.05) is 35.4 Å². The van der Waals surface area contributed by atoms with Gasteiger partial charge in [0.05, 0.1) is 10.4 Å². The summed E-state index contributed by atoms with van der Waals surface area (Å²) >= 11 is 0. The highest BCUT2D eigenvalue weighted by Crippen LogP contribution is 2.27. The van der Waals surface area contributed by atoms with Crippen molar-refractivity contribution in [2.45, 2.75) is 23.6 Å². The third-order valence-corrected chi connectivity index (χ3v) is 7.68. The summed E-state index contributed by atoms with van der Waals surface area (Å²) in [6, 6.07) is 19.0. The molecule has 3 aromatic carbocycles. The Labute approximate surface area is 175 Å². The molecular weight excluding hydrogens is 422 g/mol. The van der Waals surface area contributed by atoms with Gasteiger partial charge in [0.1, 0.15) is 10.6 Å². The molecule has 0 saturated heterocycles. The molecule has 30 heavy (non-hydrogen) atoms. The van der Waals surface area contributed by atoms with Gasteiger partial charge in [0, 0.05) is 11.6 Å². The summed E-state index contributed by atoms with van der Waals surface area (Å²) in [6.45, 7) is 3.74. The summed E-state index contributed by atoms with van der Waals surface area (Å²) in [7, 11) is -7.77. The van der Waals surface area contributed by atoms with E-state index in [1.54, 1.807) is 42.5 Å². The van der Waals surface area contributed by atoms with Crippen LogP contribution in [0.15, 0.2) is 88.8 Å². The quantitative estimate of drug-likeness (QED) is 0.432. The van der Waals surface area contributed by atoms with Crippen molar-refractivity contribution >= 4 is 31.0 Å². The molecule has 0 aliphatic heterocycles. The zero-order valence-corrected chi connectivity index (χ0v) is 17.9. The van der Waals surface area contributed by atoms with Crippen LogP contribution >= 0.6 is 0 Å². The first-order chi connectivity index (χ1) is 14.2. The summed E-state index contributed by atoms with van der Waals surface area (Å²) in [5, 5.41) is 0.544. The summed E-state index contributed by atoms with van der Waals surface area (Å²) in [5.74, 6) is 0.105. The van der Waals surface area contributed by atoms with Crippen LogP contribution in [0.5, 0.6) is 5.75 Å². The Morgan fingerprint density at radius 1 is 0.700 bits per heavy atom. The lowest BCUT2D eigenvalue weighted by atomic mass is 10.2. The molecule has 1 heterocycles. The maximum absolute atomic E-state index is 13.0. The normalized spacial score (nSPS) is 12.2. The van der Waals surface area contributed by atoms with E-state index in [0.29, 0.717) is 10.9 Å². The van der Waals surface area contributed by atoms with Crippen LogP contribution in [-0.4, -0.2) is 20.8 Å². The van der Waals surface area contributed by atoms with Crippen molar-refractivity contribution in [3.8, 4) is 5.75 Å². The Bertz CT molecular complexity index is 1430. The molecule has 4 rings (SSSR count). The lowest BCUT2D eigenvalue weighted by Gasteiger charge is -2.10. The van der Waals surface area contributed by atoms with Gasteiger partial charge in [-0.15, -0.1) is 0 Å². The van der Waals surface area contributed by atoms with Gasteiger partial charge in [-0.2, -0.15) is 8.42 Å². The van der Waals surface area contributed by atoms with Crippen molar-refractivity contribution in [1.29, 1.82) is 0 Å². The van der Waals surface area contributed by atoms with Crippen LogP contribution in [0.25, 0.3) is 10.9 Å². The highest BCUT2D eigenvalue weighted by molar-refractivity contribution is 7.90. The standard InChI is InChI=1S/C22H19NO5S2/c1-16-3-8-20(9-4-16)29(24,25)23-14-13-18-15-19(7-12-22(18)23)28-30(26,27)21-10-5-17(2)6-11-21/h3-15H,1-2H3. The molecule has 0 aliphatic rings. The summed E-state index contributed by atoms with van der Waals surface area (Å²) < 4.78 is 57.4. The van der Waals surface area contributed by atoms with E-state index in [9.17, 15) is 16.8 Å². The molecule has 0 spiro atoms. The molecule has 0 saturated carbocycles. The van der Waals surface area contributed by atoms with Gasteiger partial charge in [-0.25, -0.2) is 12.4 Å². The summed E-state index contributed by atoms with van der Waals surface area (Å²) in [6.07, 6.45) is 1.44. The van der Waals surface area contributed by atoms with E-state index in [4.69, 9.17) is 4.18 Å². The summed E-state index contributed by atoms with van der Waals surface area (Å²) in [4.78, 5) is 0.223. The van der Waals surface area contributed by atoms with Gasteiger partial charge < -0.3 is 4.18 Å². The van der Waals surface area contributed by atoms with Crippen molar-refractivity contribution in [3.63, 3.8) is 0 Å². The van der Waals surface area contributed by atoms with Crippen LogP contribution in [0.1, 0.15) is 11.1 Å². The molecule has 0 unspecified atom stereocenters. The van der Waals surface area contributed by atoms with Gasteiger partial charge >= 0.3 is 10.1 Å². The predicted molar refractivity (Wildman–Crippen MR) is 115 cm³/mol. The zero-order chi connectivity index (χ0) is 21.5. The molecule has 0 bridgehead atoms. The Hall–Kier alpha value is -3.10. The van der Waals surface area contributed by atoms with Gasteiger partial charge in [-0.3, -0.25) is 0 Å². The third-order valence-electron chi connectivity index (χ3n) is 4.72. The van der Waals surface area contributed by atoms with Crippen molar-refractivity contribution < 1.29 is 21.0 Å². The fourth-order valence-electron chi connectivity index (χ4n) is 3.06. The first kappa shape index (κ1) is 20.2. The molecule has 1 aromatic heterocycles. The Morgan fingerprint density at radius 2 is 1.27 bits per heavy atom. The Balaban J connectivity index is 1.69. The minimum atomic E-state index is -3.99. The molecular formula is C22H19NO5S2. The highest BCUT2D eigenvalue weighted by atomic mass is 32.2. The highest BCUT2D eigenvalue weighted by Gasteiger charge is 2.20. The number of rotatable bonds is 5. The molecule has 154 valence electrons. The second-order valence-corrected chi connectivity index (χ2v) is 10.4. The fourth-order valence-corrected chi connectivity index (χ4v) is 5.34. The molecule has 0 atom stereocenters. The molecule has 4 aromatic rings. The Kier molecular flexibility index (Phi) is 4.91. The number of hydrogen-bond donors (Lipinski definition) is 0. The van der Waals surface area contributed by atoms with Gasteiger partial charge in [-0.05, 0) is 62.4 Å². The maximum Gasteiger partial charge on any atom is 0.339 e. The van der Waals surface area contributed by atoms with E-state index in [2.05, 4.69) is 0 Å². The third kappa shape index (κ3) is 3.71. The molecule has 6 nitrogen and oxygen atoms in total. The molecule has 0 N–H and O–H groups in total. The number of fused-ring (bicyclic) bond motifs is 1. The number of hydrogen-bond acceptors (Lipinski definition) is 5. The fraction of sp³-hybridized carbons (Fsp3) is 0.0909. The van der Waals surface area contributed by atoms with Crippen LogP contribution in [0.4, 0.5) is 0 Å². The van der Waals surface area contributed by atoms with Crippen LogP contribution in [0.2, 0.25) is 0 Å². The van der Waals surface area contributed by atoms with E-state index in [-0.39, 0.29) is 15.5 Å². The van der Waals surface area contributed by atoms with Gasteiger partial charge in [0.2, 0.25) is 0 Å². The molecule has 0 radical (unpaired) electrons. The van der Waals surface area contributed by atoms with E-state index in [1.807, 2.05) is 13.8 Å². The Morgan fingerprint density at radius 3 is 1.87 bits per heavy atom. The largest absolute Gasteiger partial charge is 0.379 e. The molecule has 0 fully saturated rings. The van der Waals surface area contributed by atoms with Crippen LogP contribution in [0.3, 0.4) is 0 Å². The molecule has 0 aliphatic carbocycles. The second kappa shape index (κ2) is 7.30. The number of benzene rings is 3. The lowest BCUT2D eigenvalue weighted by molar-refractivity contribution is 0.486. The van der Waals surface area contributed by atoms with Crippen molar-refractivity contribution in [3.05, 3.63) is 90.1 Å². The van der Waals surface area contributed by atoms with E-state index >= 15 is 0 Å². The van der Waals surface area contributed by atoms with E-state index in [1.165, 1.54) is 40.5 Å².